The number of nitrogens with zero attached hydrogens (tertiary/aromatic N) is 2. The molecule has 1 saturated heterocycles. The molecule has 1 heterocycles. The normalized spacial score (nSPS) is 14.7. The van der Waals surface area contributed by atoms with E-state index >= 15 is 0 Å². The van der Waals surface area contributed by atoms with Crippen LogP contribution in [0.25, 0.3) is 0 Å². The second-order valence-electron chi connectivity index (χ2n) is 7.52. The number of hydrogen-bond acceptors (Lipinski definition) is 4. The number of anilines is 2. The van der Waals surface area contributed by atoms with Crippen LogP contribution in [0.4, 0.5) is 24.5 Å². The van der Waals surface area contributed by atoms with Gasteiger partial charge in [-0.05, 0) is 50.8 Å². The van der Waals surface area contributed by atoms with Crippen molar-refractivity contribution in [2.45, 2.75) is 26.4 Å². The Morgan fingerprint density at radius 1 is 1.13 bits per heavy atom. The van der Waals surface area contributed by atoms with Gasteiger partial charge in [0.2, 0.25) is 0 Å². The Kier molecular flexibility index (Phi) is 7.49. The largest absolute Gasteiger partial charge is 0.385 e. The van der Waals surface area contributed by atoms with Crippen LogP contribution in [0.2, 0.25) is 0 Å². The number of rotatable bonds is 5. The van der Waals surface area contributed by atoms with Gasteiger partial charge in [0.25, 0.3) is 5.91 Å². The van der Waals surface area contributed by atoms with E-state index in [0.29, 0.717) is 12.1 Å². The molecule has 0 bridgehead atoms. The highest BCUT2D eigenvalue weighted by Gasteiger charge is 2.44. The molecule has 1 aliphatic rings. The van der Waals surface area contributed by atoms with Gasteiger partial charge in [0.05, 0.1) is 30.0 Å². The molecular formula is C22H28F3N3O2. The SMILES string of the molecule is CC.Cc1ccc(Nc2c(C(=O)N3CC(O)(CN(C)C)C3)ccc(F)c2F)c(F)c1. The number of halogens is 3. The first-order chi connectivity index (χ1) is 14.1. The second kappa shape index (κ2) is 9.49. The third-order valence-electron chi connectivity index (χ3n) is 4.58. The third kappa shape index (κ3) is 5.12. The van der Waals surface area contributed by atoms with Crippen LogP contribution >= 0.6 is 0 Å². The van der Waals surface area contributed by atoms with Gasteiger partial charge in [0.1, 0.15) is 11.4 Å². The van der Waals surface area contributed by atoms with E-state index in [2.05, 4.69) is 5.32 Å². The second-order valence-corrected chi connectivity index (χ2v) is 7.52. The van der Waals surface area contributed by atoms with Crippen molar-refractivity contribution >= 4 is 17.3 Å². The summed E-state index contributed by atoms with van der Waals surface area (Å²) < 4.78 is 42.4. The van der Waals surface area contributed by atoms with Crippen LogP contribution in [0.15, 0.2) is 30.3 Å². The average molecular weight is 423 g/mol. The molecule has 0 spiro atoms. The summed E-state index contributed by atoms with van der Waals surface area (Å²) in [6.45, 7) is 6.21. The van der Waals surface area contributed by atoms with Crippen molar-refractivity contribution in [3.8, 4) is 0 Å². The van der Waals surface area contributed by atoms with Gasteiger partial charge in [0.15, 0.2) is 11.6 Å². The van der Waals surface area contributed by atoms with Gasteiger partial charge >= 0.3 is 0 Å². The number of carbonyl (C=O) groups is 1. The van der Waals surface area contributed by atoms with Crippen LogP contribution in [-0.2, 0) is 0 Å². The van der Waals surface area contributed by atoms with Crippen molar-refractivity contribution in [2.24, 2.45) is 0 Å². The number of benzene rings is 2. The molecule has 0 saturated carbocycles. The topological polar surface area (TPSA) is 55.8 Å². The number of carbonyl (C=O) groups excluding carboxylic acids is 1. The van der Waals surface area contributed by atoms with Crippen molar-refractivity contribution in [3.05, 3.63) is 58.9 Å². The van der Waals surface area contributed by atoms with Gasteiger partial charge in [0, 0.05) is 6.54 Å². The highest BCUT2D eigenvalue weighted by Crippen LogP contribution is 2.31. The molecule has 0 atom stereocenters. The first-order valence-corrected chi connectivity index (χ1v) is 9.77. The van der Waals surface area contributed by atoms with Crippen molar-refractivity contribution in [3.63, 3.8) is 0 Å². The number of aryl methyl sites for hydroxylation is 1. The van der Waals surface area contributed by atoms with E-state index < -0.39 is 34.6 Å². The summed E-state index contributed by atoms with van der Waals surface area (Å²) >= 11 is 0. The van der Waals surface area contributed by atoms with Crippen molar-refractivity contribution in [2.75, 3.05) is 39.0 Å². The molecule has 1 fully saturated rings. The summed E-state index contributed by atoms with van der Waals surface area (Å²) in [5.74, 6) is -3.64. The Morgan fingerprint density at radius 2 is 1.77 bits per heavy atom. The smallest absolute Gasteiger partial charge is 0.256 e. The van der Waals surface area contributed by atoms with Gasteiger partial charge in [-0.25, -0.2) is 13.2 Å². The summed E-state index contributed by atoms with van der Waals surface area (Å²) in [5, 5.41) is 12.9. The Labute approximate surface area is 175 Å². The number of likely N-dealkylation sites (tertiary alicyclic amines) is 1. The molecule has 2 aromatic rings. The van der Waals surface area contributed by atoms with Crippen LogP contribution in [0, 0.1) is 24.4 Å². The lowest BCUT2D eigenvalue weighted by atomic mass is 9.92. The lowest BCUT2D eigenvalue weighted by Gasteiger charge is -2.47. The Bertz CT molecular complexity index is 913. The fraction of sp³-hybridized carbons (Fsp3) is 0.409. The molecule has 0 aliphatic carbocycles. The number of aliphatic hydroxyl groups is 1. The molecule has 3 rings (SSSR count). The fourth-order valence-electron chi connectivity index (χ4n) is 3.37. The predicted molar refractivity (Wildman–Crippen MR) is 112 cm³/mol. The van der Waals surface area contributed by atoms with E-state index in [1.54, 1.807) is 32.0 Å². The summed E-state index contributed by atoms with van der Waals surface area (Å²) in [5.41, 5.74) is -1.02. The van der Waals surface area contributed by atoms with E-state index in [1.807, 2.05) is 13.8 Å². The van der Waals surface area contributed by atoms with E-state index in [1.165, 1.54) is 17.0 Å². The fourth-order valence-corrected chi connectivity index (χ4v) is 3.37. The zero-order valence-electron chi connectivity index (χ0n) is 17.9. The Morgan fingerprint density at radius 3 is 2.33 bits per heavy atom. The lowest BCUT2D eigenvalue weighted by molar-refractivity contribution is -0.0920. The predicted octanol–water partition coefficient (Wildman–Crippen LogP) is 3.93. The van der Waals surface area contributed by atoms with E-state index in [-0.39, 0.29) is 24.3 Å². The molecule has 0 aromatic heterocycles. The molecule has 5 nitrogen and oxygen atoms in total. The number of β-amino-alcohol motifs (C(OH)–C–C–N with tert-alkyl or cyclic N) is 1. The van der Waals surface area contributed by atoms with Gasteiger partial charge in [-0.15, -0.1) is 0 Å². The molecular weight excluding hydrogens is 395 g/mol. The summed E-state index contributed by atoms with van der Waals surface area (Å²) in [4.78, 5) is 15.9. The maximum Gasteiger partial charge on any atom is 0.256 e. The monoisotopic (exact) mass is 423 g/mol. The molecule has 0 unspecified atom stereocenters. The van der Waals surface area contributed by atoms with Crippen LogP contribution in [0.5, 0.6) is 0 Å². The first-order valence-electron chi connectivity index (χ1n) is 9.77. The quantitative estimate of drug-likeness (QED) is 0.765. The molecule has 30 heavy (non-hydrogen) atoms. The minimum atomic E-state index is -1.27. The zero-order valence-corrected chi connectivity index (χ0v) is 17.9. The maximum atomic E-state index is 14.4. The summed E-state index contributed by atoms with van der Waals surface area (Å²) in [7, 11) is 3.60. The molecule has 8 heteroatoms. The molecule has 1 amide bonds. The van der Waals surface area contributed by atoms with Crippen LogP contribution in [0.3, 0.4) is 0 Å². The van der Waals surface area contributed by atoms with Gasteiger partial charge in [-0.1, -0.05) is 19.9 Å². The highest BCUT2D eigenvalue weighted by molar-refractivity contribution is 6.01. The molecule has 1 aliphatic heterocycles. The standard InChI is InChI=1S/C20H22F3N3O2.C2H6/c1-12-4-7-16(15(22)8-12)24-18-13(5-6-14(21)17(18)23)19(27)26-10-20(28,11-26)9-25(2)3;1-2/h4-8,24,28H,9-11H2,1-3H3;1-2H3. The highest BCUT2D eigenvalue weighted by atomic mass is 19.2. The van der Waals surface area contributed by atoms with E-state index in [0.717, 1.165) is 12.1 Å². The number of nitrogens with one attached hydrogen (secondary N) is 1. The first kappa shape index (κ1) is 23.7. The van der Waals surface area contributed by atoms with Crippen molar-refractivity contribution in [1.82, 2.24) is 9.80 Å². The minimum absolute atomic E-state index is 0.0708. The Hall–Kier alpha value is -2.58. The van der Waals surface area contributed by atoms with Crippen LogP contribution in [0.1, 0.15) is 29.8 Å². The molecule has 2 aromatic carbocycles. The number of amides is 1. The van der Waals surface area contributed by atoms with Crippen molar-refractivity contribution in [1.29, 1.82) is 0 Å². The maximum absolute atomic E-state index is 14.4. The third-order valence-corrected chi connectivity index (χ3v) is 4.58. The molecule has 2 N–H and O–H groups in total. The zero-order chi connectivity index (χ0) is 22.6. The van der Waals surface area contributed by atoms with Gasteiger partial charge in [-0.3, -0.25) is 4.79 Å². The number of hydrogen-bond donors (Lipinski definition) is 2. The number of likely N-dealkylation sites (N-methyl/N-ethyl adjacent to an activating group) is 1. The summed E-state index contributed by atoms with van der Waals surface area (Å²) in [6.07, 6.45) is 0. The van der Waals surface area contributed by atoms with E-state index in [9.17, 15) is 23.1 Å². The minimum Gasteiger partial charge on any atom is -0.385 e. The molecule has 164 valence electrons. The van der Waals surface area contributed by atoms with Gasteiger partial charge < -0.3 is 20.2 Å². The lowest BCUT2D eigenvalue weighted by Crippen LogP contribution is -2.67. The van der Waals surface area contributed by atoms with Gasteiger partial charge in [-0.2, -0.15) is 0 Å². The summed E-state index contributed by atoms with van der Waals surface area (Å²) in [6, 6.07) is 6.25. The van der Waals surface area contributed by atoms with Crippen LogP contribution in [-0.4, -0.2) is 60.1 Å². The van der Waals surface area contributed by atoms with E-state index in [4.69, 9.17) is 0 Å². The molecule has 0 radical (unpaired) electrons. The Balaban J connectivity index is 0.00000155. The van der Waals surface area contributed by atoms with Crippen LogP contribution < -0.4 is 5.32 Å². The average Bonchev–Trinajstić information content (AvgIpc) is 2.66. The van der Waals surface area contributed by atoms with Crippen molar-refractivity contribution < 1.29 is 23.1 Å².